The van der Waals surface area contributed by atoms with E-state index in [1.165, 1.54) is 16.6 Å². The number of ether oxygens (including phenoxy) is 1. The van der Waals surface area contributed by atoms with Gasteiger partial charge in [0, 0.05) is 12.1 Å². The van der Waals surface area contributed by atoms with Gasteiger partial charge in [-0.2, -0.15) is 0 Å². The molecule has 0 aliphatic heterocycles. The van der Waals surface area contributed by atoms with Crippen LogP contribution in [0.25, 0.3) is 0 Å². The number of carbonyl (C=O) groups excluding carboxylic acids is 1. The molecule has 1 unspecified atom stereocenters. The molecule has 10 heteroatoms. The van der Waals surface area contributed by atoms with Crippen molar-refractivity contribution in [2.45, 2.75) is 44.4 Å². The third-order valence-electron chi connectivity index (χ3n) is 4.86. The quantitative estimate of drug-likeness (QED) is 0.420. The van der Waals surface area contributed by atoms with Crippen LogP contribution in [0, 0.1) is 5.92 Å². The molecule has 3 rings (SSSR count). The average Bonchev–Trinajstić information content (AvgIpc) is 3.52. The molecule has 1 aliphatic carbocycles. The first kappa shape index (κ1) is 25.2. The maximum absolute atomic E-state index is 13.1. The van der Waals surface area contributed by atoms with Gasteiger partial charge in [0.05, 0.1) is 30.6 Å². The zero-order valence-corrected chi connectivity index (χ0v) is 21.5. The first-order chi connectivity index (χ1) is 13.7. The Hall–Kier alpha value is -1.04. The summed E-state index contributed by atoms with van der Waals surface area (Å²) in [6.45, 7) is 3.54. The van der Waals surface area contributed by atoms with E-state index in [1.54, 1.807) is 45.2 Å². The molecule has 0 N–H and O–H groups in total. The fraction of sp³-hybridized carbons (Fsp3) is 0.450. The Kier molecular flexibility index (Phi) is 8.84. The fourth-order valence-electron chi connectivity index (χ4n) is 3.11. The maximum atomic E-state index is 13.1. The average molecular weight is 458 g/mol. The number of aromatic nitrogens is 2. The molecule has 8 nitrogen and oxygen atoms in total. The molecular formula is C20H24KN3O5S. The molecule has 1 atom stereocenters. The Labute approximate surface area is 219 Å². The van der Waals surface area contributed by atoms with Crippen molar-refractivity contribution in [2.24, 2.45) is 5.92 Å². The fourth-order valence-corrected chi connectivity index (χ4v) is 4.84. The Morgan fingerprint density at radius 3 is 2.37 bits per heavy atom. The summed E-state index contributed by atoms with van der Waals surface area (Å²) < 4.78 is 32.4. The maximum Gasteiger partial charge on any atom is 1.00 e. The molecule has 1 saturated carbocycles. The van der Waals surface area contributed by atoms with Crippen LogP contribution in [-0.4, -0.2) is 36.7 Å². The minimum absolute atomic E-state index is 0. The minimum atomic E-state index is -3.66. The summed E-state index contributed by atoms with van der Waals surface area (Å²) in [5.74, 6) is -1.84. The van der Waals surface area contributed by atoms with Crippen molar-refractivity contribution in [3.8, 4) is 5.75 Å². The van der Waals surface area contributed by atoms with E-state index in [4.69, 9.17) is 4.74 Å². The number of hydrogen-bond donors (Lipinski definition) is 0. The van der Waals surface area contributed by atoms with Crippen LogP contribution in [0.4, 0.5) is 5.95 Å². The second-order valence-corrected chi connectivity index (χ2v) is 9.56. The SMILES string of the molecule is COc1ccc(CN(c2nccc(C(C(=O)[O-])C(C)C)n2)S(=O)(=O)C2CC2)cc1.[K+]. The van der Waals surface area contributed by atoms with Crippen LogP contribution in [0.5, 0.6) is 5.75 Å². The van der Waals surface area contributed by atoms with Crippen molar-refractivity contribution in [1.82, 2.24) is 9.97 Å². The van der Waals surface area contributed by atoms with Gasteiger partial charge in [-0.3, -0.25) is 0 Å². The molecule has 1 fully saturated rings. The number of methoxy groups -OCH3 is 1. The van der Waals surface area contributed by atoms with Crippen LogP contribution >= 0.6 is 0 Å². The summed E-state index contributed by atoms with van der Waals surface area (Å²) in [6, 6.07) is 8.53. The van der Waals surface area contributed by atoms with Crippen molar-refractivity contribution >= 4 is 21.9 Å². The van der Waals surface area contributed by atoms with E-state index in [9.17, 15) is 18.3 Å². The standard InChI is InChI=1S/C20H25N3O5S.K/c1-13(2)18(19(24)25)17-10-11-21-20(22-17)23(29(26,27)16-8-9-16)12-14-4-6-15(28-3)7-5-14;/h4-7,10-11,13,16,18H,8-9,12H2,1-3H3,(H,24,25);/q;+1/p-1. The van der Waals surface area contributed by atoms with Gasteiger partial charge in [0.25, 0.3) is 0 Å². The van der Waals surface area contributed by atoms with E-state index in [0.29, 0.717) is 18.6 Å². The summed E-state index contributed by atoms with van der Waals surface area (Å²) >= 11 is 0. The zero-order chi connectivity index (χ0) is 21.2. The van der Waals surface area contributed by atoms with Gasteiger partial charge < -0.3 is 14.6 Å². The number of carboxylic acids is 1. The molecular weight excluding hydrogens is 433 g/mol. The normalized spacial score (nSPS) is 14.7. The Bertz CT molecular complexity index is 978. The summed E-state index contributed by atoms with van der Waals surface area (Å²) in [5, 5.41) is 11.1. The predicted molar refractivity (Wildman–Crippen MR) is 106 cm³/mol. The van der Waals surface area contributed by atoms with Crippen LogP contribution in [0.2, 0.25) is 0 Å². The molecule has 1 aliphatic rings. The van der Waals surface area contributed by atoms with Gasteiger partial charge in [0.1, 0.15) is 5.75 Å². The van der Waals surface area contributed by atoms with Crippen molar-refractivity contribution in [1.29, 1.82) is 0 Å². The third-order valence-corrected chi connectivity index (χ3v) is 7.09. The number of aliphatic carboxylic acids is 1. The number of sulfonamides is 1. The van der Waals surface area contributed by atoms with E-state index in [0.717, 1.165) is 5.56 Å². The number of hydrogen-bond acceptors (Lipinski definition) is 7. The molecule has 0 bridgehead atoms. The smallest absolute Gasteiger partial charge is 0.549 e. The van der Waals surface area contributed by atoms with Gasteiger partial charge in [-0.1, -0.05) is 26.0 Å². The van der Waals surface area contributed by atoms with E-state index in [2.05, 4.69) is 9.97 Å². The van der Waals surface area contributed by atoms with Gasteiger partial charge in [0.15, 0.2) is 0 Å². The Balaban J connectivity index is 0.00000320. The van der Waals surface area contributed by atoms with Gasteiger partial charge in [0.2, 0.25) is 16.0 Å². The topological polar surface area (TPSA) is 113 Å². The van der Waals surface area contributed by atoms with Gasteiger partial charge in [-0.05, 0) is 42.5 Å². The summed E-state index contributed by atoms with van der Waals surface area (Å²) in [6.07, 6.45) is 2.57. The molecule has 156 valence electrons. The molecule has 1 aromatic carbocycles. The van der Waals surface area contributed by atoms with Crippen LogP contribution in [-0.2, 0) is 21.4 Å². The molecule has 0 spiro atoms. The monoisotopic (exact) mass is 457 g/mol. The predicted octanol–water partition coefficient (Wildman–Crippen LogP) is -1.52. The second kappa shape index (κ2) is 10.5. The molecule has 30 heavy (non-hydrogen) atoms. The van der Waals surface area contributed by atoms with E-state index in [-0.39, 0.29) is 75.5 Å². The number of carbonyl (C=O) groups is 1. The molecule has 1 aromatic heterocycles. The Morgan fingerprint density at radius 2 is 1.87 bits per heavy atom. The first-order valence-electron chi connectivity index (χ1n) is 9.42. The molecule has 0 radical (unpaired) electrons. The van der Waals surface area contributed by atoms with Crippen molar-refractivity contribution in [2.75, 3.05) is 11.4 Å². The van der Waals surface area contributed by atoms with Crippen LogP contribution in [0.3, 0.4) is 0 Å². The van der Waals surface area contributed by atoms with E-state index >= 15 is 0 Å². The van der Waals surface area contributed by atoms with Crippen molar-refractivity contribution in [3.05, 3.63) is 47.8 Å². The first-order valence-corrected chi connectivity index (χ1v) is 10.9. The number of anilines is 1. The van der Waals surface area contributed by atoms with Crippen LogP contribution in [0.15, 0.2) is 36.5 Å². The summed E-state index contributed by atoms with van der Waals surface area (Å²) in [5.41, 5.74) is 0.972. The number of carboxylic acid groups (broad SMARTS) is 1. The number of rotatable bonds is 9. The van der Waals surface area contributed by atoms with Crippen LogP contribution < -0.4 is 65.5 Å². The number of nitrogens with zero attached hydrogens (tertiary/aromatic N) is 3. The van der Waals surface area contributed by atoms with Crippen molar-refractivity contribution < 1.29 is 74.4 Å². The summed E-state index contributed by atoms with van der Waals surface area (Å²) in [4.78, 5) is 20.0. The molecule has 0 saturated heterocycles. The second-order valence-electron chi connectivity index (χ2n) is 7.42. The molecule has 2 aromatic rings. The zero-order valence-electron chi connectivity index (χ0n) is 17.6. The third kappa shape index (κ3) is 5.80. The summed E-state index contributed by atoms with van der Waals surface area (Å²) in [7, 11) is -2.11. The number of benzene rings is 1. The van der Waals surface area contributed by atoms with Gasteiger partial charge in [-0.15, -0.1) is 0 Å². The largest absolute Gasteiger partial charge is 1.00 e. The molecule has 1 heterocycles. The van der Waals surface area contributed by atoms with Gasteiger partial charge >= 0.3 is 51.4 Å². The van der Waals surface area contributed by atoms with Gasteiger partial charge in [-0.25, -0.2) is 22.7 Å². The van der Waals surface area contributed by atoms with E-state index in [1.807, 2.05) is 0 Å². The van der Waals surface area contributed by atoms with Crippen molar-refractivity contribution in [3.63, 3.8) is 0 Å². The van der Waals surface area contributed by atoms with E-state index < -0.39 is 27.2 Å². The minimum Gasteiger partial charge on any atom is -0.549 e. The Morgan fingerprint density at radius 1 is 1.23 bits per heavy atom. The van der Waals surface area contributed by atoms with Crippen LogP contribution in [0.1, 0.15) is 43.9 Å². The molecule has 0 amide bonds.